The van der Waals surface area contributed by atoms with Crippen molar-refractivity contribution in [3.63, 3.8) is 0 Å². The standard InChI is InChI=1S/C12H25NO/c1-4-6-10(2)12(13-3)11-7-5-8-14-9-11/h10-13H,4-9H2,1-3H3. The molecule has 0 radical (unpaired) electrons. The van der Waals surface area contributed by atoms with Crippen molar-refractivity contribution in [2.24, 2.45) is 11.8 Å². The first kappa shape index (κ1) is 12.0. The molecule has 0 amide bonds. The highest BCUT2D eigenvalue weighted by molar-refractivity contribution is 4.81. The third kappa shape index (κ3) is 3.25. The molecular weight excluding hydrogens is 174 g/mol. The molecule has 0 spiro atoms. The smallest absolute Gasteiger partial charge is 0.0509 e. The van der Waals surface area contributed by atoms with E-state index in [1.807, 2.05) is 0 Å². The number of hydrogen-bond acceptors (Lipinski definition) is 2. The van der Waals surface area contributed by atoms with Crippen LogP contribution < -0.4 is 5.32 Å². The monoisotopic (exact) mass is 199 g/mol. The van der Waals surface area contributed by atoms with Crippen LogP contribution in [0.15, 0.2) is 0 Å². The number of nitrogens with one attached hydrogen (secondary N) is 1. The second-order valence-electron chi connectivity index (χ2n) is 4.56. The molecule has 1 N–H and O–H groups in total. The molecule has 3 unspecified atom stereocenters. The quantitative estimate of drug-likeness (QED) is 0.734. The molecule has 0 aromatic heterocycles. The summed E-state index contributed by atoms with van der Waals surface area (Å²) in [5.41, 5.74) is 0. The molecule has 2 nitrogen and oxygen atoms in total. The van der Waals surface area contributed by atoms with Gasteiger partial charge in [0.05, 0.1) is 6.61 Å². The van der Waals surface area contributed by atoms with Gasteiger partial charge < -0.3 is 10.1 Å². The maximum absolute atomic E-state index is 5.55. The average Bonchev–Trinajstić information content (AvgIpc) is 2.21. The van der Waals surface area contributed by atoms with Crippen molar-refractivity contribution in [3.05, 3.63) is 0 Å². The van der Waals surface area contributed by atoms with Crippen molar-refractivity contribution in [1.29, 1.82) is 0 Å². The van der Waals surface area contributed by atoms with Crippen LogP contribution in [0.5, 0.6) is 0 Å². The van der Waals surface area contributed by atoms with Crippen LogP contribution in [0.2, 0.25) is 0 Å². The Morgan fingerprint density at radius 1 is 1.50 bits per heavy atom. The molecule has 1 aliphatic heterocycles. The Labute approximate surface area is 88.4 Å². The first-order valence-electron chi connectivity index (χ1n) is 6.04. The van der Waals surface area contributed by atoms with E-state index in [-0.39, 0.29) is 0 Å². The first-order valence-corrected chi connectivity index (χ1v) is 6.04. The second-order valence-corrected chi connectivity index (χ2v) is 4.56. The van der Waals surface area contributed by atoms with Gasteiger partial charge in [0.1, 0.15) is 0 Å². The van der Waals surface area contributed by atoms with E-state index in [0.717, 1.165) is 25.0 Å². The maximum Gasteiger partial charge on any atom is 0.0509 e. The zero-order valence-corrected chi connectivity index (χ0v) is 9.88. The topological polar surface area (TPSA) is 21.3 Å². The molecule has 0 aromatic rings. The minimum atomic E-state index is 0.648. The molecule has 1 saturated heterocycles. The largest absolute Gasteiger partial charge is 0.381 e. The van der Waals surface area contributed by atoms with E-state index in [1.165, 1.54) is 25.7 Å². The molecule has 1 rings (SSSR count). The summed E-state index contributed by atoms with van der Waals surface area (Å²) in [6.07, 6.45) is 5.18. The molecule has 84 valence electrons. The molecule has 1 fully saturated rings. The molecule has 3 atom stereocenters. The predicted octanol–water partition coefficient (Wildman–Crippen LogP) is 2.44. The molecule has 0 aliphatic carbocycles. The fourth-order valence-corrected chi connectivity index (χ4v) is 2.67. The lowest BCUT2D eigenvalue weighted by atomic mass is 9.84. The maximum atomic E-state index is 5.55. The molecule has 1 heterocycles. The van der Waals surface area contributed by atoms with Crippen LogP contribution in [-0.2, 0) is 4.74 Å². The highest BCUT2D eigenvalue weighted by Gasteiger charge is 2.26. The van der Waals surface area contributed by atoms with Crippen LogP contribution >= 0.6 is 0 Å². The molecule has 0 bridgehead atoms. The minimum absolute atomic E-state index is 0.648. The van der Waals surface area contributed by atoms with Gasteiger partial charge in [-0.15, -0.1) is 0 Å². The van der Waals surface area contributed by atoms with Gasteiger partial charge in [-0.05, 0) is 38.1 Å². The van der Waals surface area contributed by atoms with Gasteiger partial charge in [0.15, 0.2) is 0 Å². The van der Waals surface area contributed by atoms with E-state index in [1.54, 1.807) is 0 Å². The Bertz CT molecular complexity index is 143. The lowest BCUT2D eigenvalue weighted by Crippen LogP contribution is -2.42. The van der Waals surface area contributed by atoms with Gasteiger partial charge in [-0.1, -0.05) is 20.3 Å². The molecule has 1 aliphatic rings. The Morgan fingerprint density at radius 3 is 2.79 bits per heavy atom. The fourth-order valence-electron chi connectivity index (χ4n) is 2.67. The Hall–Kier alpha value is -0.0800. The average molecular weight is 199 g/mol. The molecule has 0 aromatic carbocycles. The lowest BCUT2D eigenvalue weighted by molar-refractivity contribution is 0.0308. The zero-order chi connectivity index (χ0) is 10.4. The van der Waals surface area contributed by atoms with Gasteiger partial charge in [0.2, 0.25) is 0 Å². The van der Waals surface area contributed by atoms with E-state index < -0.39 is 0 Å². The van der Waals surface area contributed by atoms with Gasteiger partial charge >= 0.3 is 0 Å². The van der Waals surface area contributed by atoms with Crippen molar-refractivity contribution in [2.75, 3.05) is 20.3 Å². The van der Waals surface area contributed by atoms with Crippen LogP contribution in [0.1, 0.15) is 39.5 Å². The number of ether oxygens (including phenoxy) is 1. The predicted molar refractivity (Wildman–Crippen MR) is 60.5 cm³/mol. The Balaban J connectivity index is 2.41. The lowest BCUT2D eigenvalue weighted by Gasteiger charge is -2.34. The SMILES string of the molecule is CCCC(C)C(NC)C1CCCOC1. The van der Waals surface area contributed by atoms with Gasteiger partial charge in [0.25, 0.3) is 0 Å². The van der Waals surface area contributed by atoms with Crippen molar-refractivity contribution in [3.8, 4) is 0 Å². The summed E-state index contributed by atoms with van der Waals surface area (Å²) < 4.78 is 5.55. The van der Waals surface area contributed by atoms with Crippen LogP contribution in [0.4, 0.5) is 0 Å². The van der Waals surface area contributed by atoms with Gasteiger partial charge in [0, 0.05) is 12.6 Å². The summed E-state index contributed by atoms with van der Waals surface area (Å²) in [6.45, 7) is 6.55. The van der Waals surface area contributed by atoms with Crippen molar-refractivity contribution >= 4 is 0 Å². The zero-order valence-electron chi connectivity index (χ0n) is 9.88. The molecule has 0 saturated carbocycles. The summed E-state index contributed by atoms with van der Waals surface area (Å²) in [7, 11) is 2.09. The van der Waals surface area contributed by atoms with E-state index in [0.29, 0.717) is 6.04 Å². The molecule has 2 heteroatoms. The Kier molecular flexibility index (Phi) is 5.49. The fraction of sp³-hybridized carbons (Fsp3) is 1.00. The van der Waals surface area contributed by atoms with Crippen LogP contribution in [-0.4, -0.2) is 26.3 Å². The van der Waals surface area contributed by atoms with Crippen LogP contribution in [0.25, 0.3) is 0 Å². The summed E-state index contributed by atoms with van der Waals surface area (Å²) in [4.78, 5) is 0. The first-order chi connectivity index (χ1) is 6.79. The molecule has 14 heavy (non-hydrogen) atoms. The van der Waals surface area contributed by atoms with Gasteiger partial charge in [-0.2, -0.15) is 0 Å². The van der Waals surface area contributed by atoms with E-state index in [2.05, 4.69) is 26.2 Å². The minimum Gasteiger partial charge on any atom is -0.381 e. The van der Waals surface area contributed by atoms with Gasteiger partial charge in [-0.3, -0.25) is 0 Å². The third-order valence-electron chi connectivity index (χ3n) is 3.39. The van der Waals surface area contributed by atoms with Crippen LogP contribution in [0, 0.1) is 11.8 Å². The van der Waals surface area contributed by atoms with E-state index in [4.69, 9.17) is 4.74 Å². The van der Waals surface area contributed by atoms with Crippen molar-refractivity contribution in [1.82, 2.24) is 5.32 Å². The third-order valence-corrected chi connectivity index (χ3v) is 3.39. The number of hydrogen-bond donors (Lipinski definition) is 1. The highest BCUT2D eigenvalue weighted by Crippen LogP contribution is 2.24. The van der Waals surface area contributed by atoms with Gasteiger partial charge in [-0.25, -0.2) is 0 Å². The van der Waals surface area contributed by atoms with Crippen molar-refractivity contribution < 1.29 is 4.74 Å². The van der Waals surface area contributed by atoms with Crippen molar-refractivity contribution in [2.45, 2.75) is 45.6 Å². The van der Waals surface area contributed by atoms with Crippen LogP contribution in [0.3, 0.4) is 0 Å². The highest BCUT2D eigenvalue weighted by atomic mass is 16.5. The number of rotatable bonds is 5. The summed E-state index contributed by atoms with van der Waals surface area (Å²) in [6, 6.07) is 0.648. The van der Waals surface area contributed by atoms with E-state index >= 15 is 0 Å². The Morgan fingerprint density at radius 2 is 2.29 bits per heavy atom. The summed E-state index contributed by atoms with van der Waals surface area (Å²) in [5.74, 6) is 1.51. The second kappa shape index (κ2) is 6.41. The van der Waals surface area contributed by atoms with E-state index in [9.17, 15) is 0 Å². The molecular formula is C12H25NO. The normalized spacial score (nSPS) is 27.2. The summed E-state index contributed by atoms with van der Waals surface area (Å²) >= 11 is 0. The summed E-state index contributed by atoms with van der Waals surface area (Å²) in [5, 5.41) is 3.48.